The second-order valence-corrected chi connectivity index (χ2v) is 3.87. The molecule has 0 fully saturated rings. The predicted octanol–water partition coefficient (Wildman–Crippen LogP) is 1.35. The molecule has 0 atom stereocenters. The van der Waals surface area contributed by atoms with E-state index in [1.54, 1.807) is 6.92 Å². The number of carbonyl (C=O) groups is 1. The number of rotatable bonds is 0. The van der Waals surface area contributed by atoms with E-state index in [1.807, 2.05) is 0 Å². The van der Waals surface area contributed by atoms with Crippen molar-refractivity contribution in [2.24, 2.45) is 0 Å². The second-order valence-electron chi connectivity index (χ2n) is 3.50. The van der Waals surface area contributed by atoms with Crippen molar-refractivity contribution in [3.8, 4) is 11.5 Å². The van der Waals surface area contributed by atoms with E-state index >= 15 is 0 Å². The van der Waals surface area contributed by atoms with Crippen LogP contribution in [0.5, 0.6) is 11.5 Å². The van der Waals surface area contributed by atoms with Crippen LogP contribution < -0.4 is 5.32 Å². The molecule has 0 saturated heterocycles. The van der Waals surface area contributed by atoms with Crippen LogP contribution in [0.3, 0.4) is 0 Å². The van der Waals surface area contributed by atoms with Crippen LogP contribution in [0.4, 0.5) is 0 Å². The third-order valence-electron chi connectivity index (χ3n) is 2.62. The highest BCUT2D eigenvalue weighted by atomic mass is 35.5. The molecule has 0 aromatic heterocycles. The number of halogens is 1. The van der Waals surface area contributed by atoms with Crippen molar-refractivity contribution >= 4 is 17.5 Å². The molecule has 2 rings (SSSR count). The molecule has 0 bridgehead atoms. The van der Waals surface area contributed by atoms with Gasteiger partial charge in [-0.3, -0.25) is 4.79 Å². The van der Waals surface area contributed by atoms with Crippen molar-refractivity contribution in [3.63, 3.8) is 0 Å². The van der Waals surface area contributed by atoms with Gasteiger partial charge in [-0.25, -0.2) is 0 Å². The van der Waals surface area contributed by atoms with Gasteiger partial charge in [-0.05, 0) is 18.9 Å². The smallest absolute Gasteiger partial charge is 0.252 e. The fourth-order valence-electron chi connectivity index (χ4n) is 1.81. The molecule has 0 unspecified atom stereocenters. The van der Waals surface area contributed by atoms with E-state index < -0.39 is 0 Å². The molecule has 1 aliphatic heterocycles. The first-order valence-corrected chi connectivity index (χ1v) is 4.93. The van der Waals surface area contributed by atoms with E-state index in [-0.39, 0.29) is 22.4 Å². The van der Waals surface area contributed by atoms with Gasteiger partial charge in [-0.15, -0.1) is 0 Å². The summed E-state index contributed by atoms with van der Waals surface area (Å²) in [5, 5.41) is 21.8. The van der Waals surface area contributed by atoms with Gasteiger partial charge in [-0.1, -0.05) is 11.6 Å². The van der Waals surface area contributed by atoms with Crippen LogP contribution in [0.1, 0.15) is 21.5 Å². The molecule has 5 heteroatoms. The molecule has 4 nitrogen and oxygen atoms in total. The molecule has 1 aliphatic rings. The quantitative estimate of drug-likeness (QED) is 0.586. The average molecular weight is 228 g/mol. The summed E-state index contributed by atoms with van der Waals surface area (Å²) >= 11 is 5.86. The zero-order valence-corrected chi connectivity index (χ0v) is 8.85. The predicted molar refractivity (Wildman–Crippen MR) is 55.6 cm³/mol. The Morgan fingerprint density at radius 2 is 2.00 bits per heavy atom. The van der Waals surface area contributed by atoms with Gasteiger partial charge in [0.1, 0.15) is 0 Å². The van der Waals surface area contributed by atoms with E-state index in [0.29, 0.717) is 29.7 Å². The van der Waals surface area contributed by atoms with Crippen LogP contribution in [-0.2, 0) is 6.42 Å². The minimum Gasteiger partial charge on any atom is -0.504 e. The summed E-state index contributed by atoms with van der Waals surface area (Å²) in [7, 11) is 0. The summed E-state index contributed by atoms with van der Waals surface area (Å²) < 4.78 is 0. The molecule has 15 heavy (non-hydrogen) atoms. The Morgan fingerprint density at radius 3 is 2.67 bits per heavy atom. The topological polar surface area (TPSA) is 69.6 Å². The molecule has 0 radical (unpaired) electrons. The normalized spacial score (nSPS) is 14.7. The van der Waals surface area contributed by atoms with Gasteiger partial charge < -0.3 is 15.5 Å². The van der Waals surface area contributed by atoms with Crippen molar-refractivity contribution in [3.05, 3.63) is 21.7 Å². The van der Waals surface area contributed by atoms with E-state index in [0.717, 1.165) is 0 Å². The highest BCUT2D eigenvalue weighted by Gasteiger charge is 2.26. The van der Waals surface area contributed by atoms with Gasteiger partial charge in [0.15, 0.2) is 11.5 Å². The first-order valence-electron chi connectivity index (χ1n) is 4.55. The maximum absolute atomic E-state index is 11.6. The van der Waals surface area contributed by atoms with Crippen LogP contribution in [0.15, 0.2) is 0 Å². The van der Waals surface area contributed by atoms with Gasteiger partial charge in [-0.2, -0.15) is 0 Å². The number of carbonyl (C=O) groups excluding carboxylic acids is 1. The first kappa shape index (κ1) is 10.1. The lowest BCUT2D eigenvalue weighted by atomic mass is 9.94. The molecule has 3 N–H and O–H groups in total. The van der Waals surface area contributed by atoms with Crippen LogP contribution in [0, 0.1) is 6.92 Å². The Labute approximate surface area is 91.5 Å². The monoisotopic (exact) mass is 227 g/mol. The molecule has 0 saturated carbocycles. The fraction of sp³-hybridized carbons (Fsp3) is 0.300. The Bertz CT molecular complexity index is 457. The molecule has 0 aliphatic carbocycles. The van der Waals surface area contributed by atoms with E-state index in [4.69, 9.17) is 11.6 Å². The summed E-state index contributed by atoms with van der Waals surface area (Å²) in [5.74, 6) is -0.927. The molecular formula is C10H10ClNO3. The number of phenols is 2. The van der Waals surface area contributed by atoms with E-state index in [9.17, 15) is 15.0 Å². The highest BCUT2D eigenvalue weighted by Crippen LogP contribution is 2.42. The molecule has 1 heterocycles. The third-order valence-corrected chi connectivity index (χ3v) is 3.02. The van der Waals surface area contributed by atoms with Gasteiger partial charge in [0.25, 0.3) is 5.91 Å². The third kappa shape index (κ3) is 1.33. The lowest BCUT2D eigenvalue weighted by Crippen LogP contribution is -2.32. The molecule has 1 amide bonds. The summed E-state index contributed by atoms with van der Waals surface area (Å²) in [6.07, 6.45) is 0.564. The Balaban J connectivity index is 2.80. The summed E-state index contributed by atoms with van der Waals surface area (Å²) in [4.78, 5) is 11.6. The van der Waals surface area contributed by atoms with Crippen molar-refractivity contribution < 1.29 is 15.0 Å². The van der Waals surface area contributed by atoms with Gasteiger partial charge in [0.05, 0.1) is 10.6 Å². The summed E-state index contributed by atoms with van der Waals surface area (Å²) in [5.41, 5.74) is 1.35. The van der Waals surface area contributed by atoms with Crippen molar-refractivity contribution in [1.82, 2.24) is 5.32 Å². The number of amides is 1. The SMILES string of the molecule is Cc1c(O)c(O)c(Cl)c2c1C(=O)NCC2. The number of aromatic hydroxyl groups is 2. The molecule has 1 aromatic carbocycles. The lowest BCUT2D eigenvalue weighted by molar-refractivity contribution is 0.0944. The molecular weight excluding hydrogens is 218 g/mol. The van der Waals surface area contributed by atoms with Crippen molar-refractivity contribution in [1.29, 1.82) is 0 Å². The van der Waals surface area contributed by atoms with Crippen molar-refractivity contribution in [2.75, 3.05) is 6.54 Å². The Morgan fingerprint density at radius 1 is 1.33 bits per heavy atom. The van der Waals surface area contributed by atoms with Crippen LogP contribution in [0.25, 0.3) is 0 Å². The van der Waals surface area contributed by atoms with Gasteiger partial charge in [0.2, 0.25) is 0 Å². The fourth-order valence-corrected chi connectivity index (χ4v) is 2.09. The van der Waals surface area contributed by atoms with Crippen molar-refractivity contribution in [2.45, 2.75) is 13.3 Å². The van der Waals surface area contributed by atoms with E-state index in [2.05, 4.69) is 5.32 Å². The minimum absolute atomic E-state index is 0.0722. The van der Waals surface area contributed by atoms with E-state index in [1.165, 1.54) is 0 Å². The molecule has 1 aromatic rings. The number of nitrogens with one attached hydrogen (secondary N) is 1. The average Bonchev–Trinajstić information content (AvgIpc) is 2.23. The Hall–Kier alpha value is -1.42. The second kappa shape index (κ2) is 3.31. The van der Waals surface area contributed by atoms with Gasteiger partial charge in [0, 0.05) is 12.1 Å². The number of phenolic OH excluding ortho intramolecular Hbond substituents is 2. The number of hydrogen-bond acceptors (Lipinski definition) is 3. The summed E-state index contributed by atoms with van der Waals surface area (Å²) in [6, 6.07) is 0. The Kier molecular flexibility index (Phi) is 2.23. The molecule has 0 spiro atoms. The largest absolute Gasteiger partial charge is 0.504 e. The van der Waals surface area contributed by atoms with Crippen LogP contribution in [0.2, 0.25) is 5.02 Å². The summed E-state index contributed by atoms with van der Waals surface area (Å²) in [6.45, 7) is 2.07. The zero-order valence-electron chi connectivity index (χ0n) is 8.09. The minimum atomic E-state index is -0.345. The zero-order chi connectivity index (χ0) is 11.2. The maximum Gasteiger partial charge on any atom is 0.252 e. The number of fused-ring (bicyclic) bond motifs is 1. The van der Waals surface area contributed by atoms with Crippen LogP contribution in [-0.4, -0.2) is 22.7 Å². The standard InChI is InChI=1S/C10H10ClNO3/c1-4-6-5(2-3-12-10(6)15)7(11)9(14)8(4)13/h13-14H,2-3H2,1H3,(H,12,15). The lowest BCUT2D eigenvalue weighted by Gasteiger charge is -2.21. The number of benzene rings is 1. The molecule has 80 valence electrons. The maximum atomic E-state index is 11.6. The highest BCUT2D eigenvalue weighted by molar-refractivity contribution is 6.33. The van der Waals surface area contributed by atoms with Gasteiger partial charge >= 0.3 is 0 Å². The number of hydrogen-bond donors (Lipinski definition) is 3. The van der Waals surface area contributed by atoms with Crippen LogP contribution >= 0.6 is 11.6 Å². The first-order chi connectivity index (χ1) is 7.04.